The van der Waals surface area contributed by atoms with Gasteiger partial charge in [-0.2, -0.15) is 0 Å². The number of carbonyl (C=O) groups is 1. The van der Waals surface area contributed by atoms with Gasteiger partial charge in [0.1, 0.15) is 0 Å². The summed E-state index contributed by atoms with van der Waals surface area (Å²) in [6.45, 7) is 0. The fourth-order valence-corrected chi connectivity index (χ4v) is 2.23. The summed E-state index contributed by atoms with van der Waals surface area (Å²) in [6, 6.07) is 12.2. The van der Waals surface area contributed by atoms with Gasteiger partial charge in [0.15, 0.2) is 0 Å². The lowest BCUT2D eigenvalue weighted by molar-refractivity contribution is -0.117. The second-order valence-electron chi connectivity index (χ2n) is 5.03. The van der Waals surface area contributed by atoms with Crippen LogP contribution < -0.4 is 5.73 Å². The van der Waals surface area contributed by atoms with Gasteiger partial charge < -0.3 is 5.73 Å². The molecular formula is C17H20N2O. The number of aryl methyl sites for hydroxylation is 2. The van der Waals surface area contributed by atoms with E-state index >= 15 is 0 Å². The molecule has 0 radical (unpaired) electrons. The van der Waals surface area contributed by atoms with Crippen molar-refractivity contribution >= 4 is 5.91 Å². The molecule has 104 valence electrons. The average Bonchev–Trinajstić information content (AvgIpc) is 2.46. The van der Waals surface area contributed by atoms with Crippen molar-refractivity contribution in [1.82, 2.24) is 4.98 Å². The summed E-state index contributed by atoms with van der Waals surface area (Å²) < 4.78 is 0. The minimum Gasteiger partial charge on any atom is -0.369 e. The number of amides is 1. The third kappa shape index (κ3) is 4.84. The van der Waals surface area contributed by atoms with Gasteiger partial charge >= 0.3 is 0 Å². The first-order valence-electron chi connectivity index (χ1n) is 6.99. The summed E-state index contributed by atoms with van der Waals surface area (Å²) in [6.07, 6.45) is 8.51. The van der Waals surface area contributed by atoms with Crippen LogP contribution in [0.2, 0.25) is 0 Å². The van der Waals surface area contributed by atoms with Crippen molar-refractivity contribution in [2.75, 3.05) is 0 Å². The van der Waals surface area contributed by atoms with E-state index in [1.165, 1.54) is 11.1 Å². The zero-order valence-electron chi connectivity index (χ0n) is 11.6. The molecule has 3 nitrogen and oxygen atoms in total. The largest absolute Gasteiger partial charge is 0.369 e. The number of nitrogens with two attached hydrogens (primary N) is 1. The summed E-state index contributed by atoms with van der Waals surface area (Å²) in [5.74, 6) is -0.283. The number of benzene rings is 1. The van der Waals surface area contributed by atoms with Crippen LogP contribution in [0.3, 0.4) is 0 Å². The Morgan fingerprint density at radius 1 is 0.950 bits per heavy atom. The van der Waals surface area contributed by atoms with Gasteiger partial charge in [-0.3, -0.25) is 9.78 Å². The second kappa shape index (κ2) is 7.43. The molecule has 0 saturated carbocycles. The Bertz CT molecular complexity index is 535. The Balaban J connectivity index is 1.73. The zero-order chi connectivity index (χ0) is 14.2. The molecule has 0 bridgehead atoms. The minimum absolute atomic E-state index is 0.283. The summed E-state index contributed by atoms with van der Waals surface area (Å²) in [4.78, 5) is 14.9. The molecule has 2 rings (SSSR count). The maximum absolute atomic E-state index is 10.8. The van der Waals surface area contributed by atoms with Crippen LogP contribution in [-0.2, 0) is 24.1 Å². The van der Waals surface area contributed by atoms with Crippen LogP contribution >= 0.6 is 0 Å². The van der Waals surface area contributed by atoms with Crippen LogP contribution in [0.15, 0.2) is 48.8 Å². The molecule has 2 aromatic rings. The summed E-state index contributed by atoms with van der Waals surface area (Å²) >= 11 is 0. The fraction of sp³-hybridized carbons (Fsp3) is 0.294. The number of aromatic nitrogens is 1. The highest BCUT2D eigenvalue weighted by Crippen LogP contribution is 2.10. The summed E-state index contributed by atoms with van der Waals surface area (Å²) in [7, 11) is 0. The van der Waals surface area contributed by atoms with Gasteiger partial charge in [0.05, 0.1) is 6.42 Å². The maximum atomic E-state index is 10.8. The molecule has 0 unspecified atom stereocenters. The lowest BCUT2D eigenvalue weighted by Crippen LogP contribution is -2.13. The third-order valence-electron chi connectivity index (χ3n) is 3.31. The van der Waals surface area contributed by atoms with E-state index in [0.29, 0.717) is 6.42 Å². The normalized spacial score (nSPS) is 10.4. The predicted octanol–water partition coefficient (Wildman–Crippen LogP) is 2.67. The Labute approximate surface area is 119 Å². The molecule has 0 atom stereocenters. The molecule has 0 aliphatic rings. The molecule has 0 spiro atoms. The zero-order valence-corrected chi connectivity index (χ0v) is 11.6. The van der Waals surface area contributed by atoms with E-state index in [9.17, 15) is 4.79 Å². The van der Waals surface area contributed by atoms with Crippen LogP contribution in [0, 0.1) is 0 Å². The number of unbranched alkanes of at least 4 members (excludes halogenated alkanes) is 1. The Morgan fingerprint density at radius 2 is 1.60 bits per heavy atom. The molecule has 1 amide bonds. The standard InChI is InChI=1S/C17H20N2O/c18-17(20)12-15-9-7-14(8-10-15)4-1-2-5-16-6-3-11-19-13-16/h3,6-11,13H,1-2,4-5,12H2,(H2,18,20). The van der Waals surface area contributed by atoms with Gasteiger partial charge in [0.25, 0.3) is 0 Å². The smallest absolute Gasteiger partial charge is 0.221 e. The van der Waals surface area contributed by atoms with Crippen molar-refractivity contribution in [1.29, 1.82) is 0 Å². The first kappa shape index (κ1) is 14.3. The minimum atomic E-state index is -0.283. The monoisotopic (exact) mass is 268 g/mol. The van der Waals surface area contributed by atoms with Crippen LogP contribution in [0.25, 0.3) is 0 Å². The van der Waals surface area contributed by atoms with Crippen molar-refractivity contribution in [2.45, 2.75) is 32.1 Å². The van der Waals surface area contributed by atoms with Crippen molar-refractivity contribution in [3.8, 4) is 0 Å². The van der Waals surface area contributed by atoms with Gasteiger partial charge in [-0.15, -0.1) is 0 Å². The average molecular weight is 268 g/mol. The van der Waals surface area contributed by atoms with Crippen molar-refractivity contribution < 1.29 is 4.79 Å². The number of hydrogen-bond donors (Lipinski definition) is 1. The molecule has 1 heterocycles. The van der Waals surface area contributed by atoms with Gasteiger partial charge in [0.2, 0.25) is 5.91 Å². The third-order valence-corrected chi connectivity index (χ3v) is 3.31. The van der Waals surface area contributed by atoms with E-state index in [1.54, 1.807) is 6.20 Å². The molecule has 0 aliphatic heterocycles. The van der Waals surface area contributed by atoms with Crippen LogP contribution in [0.1, 0.15) is 29.5 Å². The molecule has 0 saturated heterocycles. The molecular weight excluding hydrogens is 248 g/mol. The number of rotatable bonds is 7. The number of carbonyl (C=O) groups excluding carboxylic acids is 1. The first-order chi connectivity index (χ1) is 9.74. The quantitative estimate of drug-likeness (QED) is 0.785. The Morgan fingerprint density at radius 3 is 2.20 bits per heavy atom. The molecule has 2 N–H and O–H groups in total. The SMILES string of the molecule is NC(=O)Cc1ccc(CCCCc2cccnc2)cc1. The first-order valence-corrected chi connectivity index (χ1v) is 6.99. The van der Waals surface area contributed by atoms with Crippen LogP contribution in [0.4, 0.5) is 0 Å². The molecule has 3 heteroatoms. The predicted molar refractivity (Wildman–Crippen MR) is 80.2 cm³/mol. The molecule has 0 fully saturated rings. The Hall–Kier alpha value is -2.16. The molecule has 1 aromatic carbocycles. The maximum Gasteiger partial charge on any atom is 0.221 e. The van der Waals surface area contributed by atoms with E-state index in [2.05, 4.69) is 23.2 Å². The van der Waals surface area contributed by atoms with Gasteiger partial charge in [0, 0.05) is 12.4 Å². The van der Waals surface area contributed by atoms with Crippen molar-refractivity contribution in [3.05, 3.63) is 65.5 Å². The number of primary amides is 1. The molecule has 0 aliphatic carbocycles. The topological polar surface area (TPSA) is 56.0 Å². The van der Waals surface area contributed by atoms with Crippen molar-refractivity contribution in [3.63, 3.8) is 0 Å². The van der Waals surface area contributed by atoms with Crippen LogP contribution in [-0.4, -0.2) is 10.9 Å². The molecule has 20 heavy (non-hydrogen) atoms. The highest BCUT2D eigenvalue weighted by atomic mass is 16.1. The lowest BCUT2D eigenvalue weighted by Gasteiger charge is -2.04. The highest BCUT2D eigenvalue weighted by Gasteiger charge is 1.99. The van der Waals surface area contributed by atoms with Gasteiger partial charge in [-0.1, -0.05) is 30.3 Å². The number of pyridine rings is 1. The van der Waals surface area contributed by atoms with E-state index in [1.807, 2.05) is 24.4 Å². The summed E-state index contributed by atoms with van der Waals surface area (Å²) in [5.41, 5.74) is 8.76. The highest BCUT2D eigenvalue weighted by molar-refractivity contribution is 5.76. The van der Waals surface area contributed by atoms with Crippen LogP contribution in [0.5, 0.6) is 0 Å². The van der Waals surface area contributed by atoms with E-state index in [-0.39, 0.29) is 5.91 Å². The van der Waals surface area contributed by atoms with Gasteiger partial charge in [-0.25, -0.2) is 0 Å². The van der Waals surface area contributed by atoms with Crippen molar-refractivity contribution in [2.24, 2.45) is 5.73 Å². The summed E-state index contributed by atoms with van der Waals surface area (Å²) in [5, 5.41) is 0. The van der Waals surface area contributed by atoms with Gasteiger partial charge in [-0.05, 0) is 48.4 Å². The number of hydrogen-bond acceptors (Lipinski definition) is 2. The molecule has 1 aromatic heterocycles. The number of nitrogens with zero attached hydrogens (tertiary/aromatic N) is 1. The Kier molecular flexibility index (Phi) is 5.30. The fourth-order valence-electron chi connectivity index (χ4n) is 2.23. The lowest BCUT2D eigenvalue weighted by atomic mass is 10.0. The van der Waals surface area contributed by atoms with E-state index < -0.39 is 0 Å². The van der Waals surface area contributed by atoms with E-state index in [0.717, 1.165) is 31.2 Å². The van der Waals surface area contributed by atoms with E-state index in [4.69, 9.17) is 5.73 Å². The second-order valence-corrected chi connectivity index (χ2v) is 5.03.